The van der Waals surface area contributed by atoms with E-state index in [4.69, 9.17) is 10.00 Å². The molecule has 1 atom stereocenters. The lowest BCUT2D eigenvalue weighted by atomic mass is 10.0. The molecule has 0 amide bonds. The number of hydrogen-bond acceptors (Lipinski definition) is 3. The maximum Gasteiger partial charge on any atom is 0.141 e. The Labute approximate surface area is 103 Å². The number of nitrogens with zero attached hydrogens (tertiary/aromatic N) is 3. The predicted molar refractivity (Wildman–Crippen MR) is 61.1 cm³/mol. The standard InChI is InChI=1S/C13H10FN3O/c14-11-5-9(1-2-10(11)6-15)13-12-7-16-8-17(12)3-4-18-13/h1-2,5,7-8,13H,3-4H2. The monoisotopic (exact) mass is 243 g/mol. The second-order valence-corrected chi connectivity index (χ2v) is 4.11. The topological polar surface area (TPSA) is 50.8 Å². The van der Waals surface area contributed by atoms with E-state index in [9.17, 15) is 4.39 Å². The summed E-state index contributed by atoms with van der Waals surface area (Å²) in [6.07, 6.45) is 3.15. The molecule has 90 valence electrons. The third-order valence-corrected chi connectivity index (χ3v) is 3.05. The highest BCUT2D eigenvalue weighted by Crippen LogP contribution is 2.29. The number of benzene rings is 1. The minimum atomic E-state index is -0.518. The SMILES string of the molecule is N#Cc1ccc(C2OCCn3cncc32)cc1F. The fraction of sp³-hybridized carbons (Fsp3) is 0.231. The Morgan fingerprint density at radius 2 is 2.39 bits per heavy atom. The van der Waals surface area contributed by atoms with Crippen LogP contribution in [0, 0.1) is 17.1 Å². The number of nitriles is 1. The molecule has 0 spiro atoms. The molecule has 2 aromatic rings. The molecule has 2 heterocycles. The van der Waals surface area contributed by atoms with Crippen LogP contribution in [0.3, 0.4) is 0 Å². The zero-order chi connectivity index (χ0) is 12.5. The smallest absolute Gasteiger partial charge is 0.141 e. The van der Waals surface area contributed by atoms with Crippen LogP contribution in [-0.2, 0) is 11.3 Å². The van der Waals surface area contributed by atoms with Gasteiger partial charge in [-0.25, -0.2) is 9.37 Å². The average molecular weight is 243 g/mol. The van der Waals surface area contributed by atoms with Gasteiger partial charge in [0, 0.05) is 6.54 Å². The maximum absolute atomic E-state index is 13.6. The first-order valence-corrected chi connectivity index (χ1v) is 5.61. The number of imidazole rings is 1. The molecular formula is C13H10FN3O. The van der Waals surface area contributed by atoms with Crippen molar-refractivity contribution in [3.8, 4) is 6.07 Å². The largest absolute Gasteiger partial charge is 0.365 e. The molecule has 1 aromatic carbocycles. The van der Waals surface area contributed by atoms with Gasteiger partial charge in [0.2, 0.25) is 0 Å². The van der Waals surface area contributed by atoms with Crippen LogP contribution in [0.4, 0.5) is 4.39 Å². The molecule has 5 heteroatoms. The normalized spacial score (nSPS) is 18.1. The highest BCUT2D eigenvalue weighted by Gasteiger charge is 2.23. The molecule has 0 fully saturated rings. The molecule has 0 saturated carbocycles. The van der Waals surface area contributed by atoms with Crippen molar-refractivity contribution in [1.29, 1.82) is 5.26 Å². The van der Waals surface area contributed by atoms with Gasteiger partial charge in [0.25, 0.3) is 0 Å². The zero-order valence-corrected chi connectivity index (χ0v) is 9.51. The highest BCUT2D eigenvalue weighted by atomic mass is 19.1. The summed E-state index contributed by atoms with van der Waals surface area (Å²) in [5.74, 6) is -0.518. The summed E-state index contributed by atoms with van der Waals surface area (Å²) >= 11 is 0. The summed E-state index contributed by atoms with van der Waals surface area (Å²) < 4.78 is 21.3. The number of aromatic nitrogens is 2. The van der Waals surface area contributed by atoms with E-state index in [0.717, 1.165) is 12.2 Å². The van der Waals surface area contributed by atoms with Gasteiger partial charge in [-0.2, -0.15) is 5.26 Å². The Balaban J connectivity index is 2.03. The van der Waals surface area contributed by atoms with E-state index in [2.05, 4.69) is 4.98 Å². The average Bonchev–Trinajstić information content (AvgIpc) is 2.86. The minimum Gasteiger partial charge on any atom is -0.365 e. The lowest BCUT2D eigenvalue weighted by Crippen LogP contribution is -2.21. The Bertz CT molecular complexity index is 629. The highest BCUT2D eigenvalue weighted by molar-refractivity contribution is 5.36. The Hall–Kier alpha value is -2.19. The van der Waals surface area contributed by atoms with Crippen molar-refractivity contribution in [3.05, 3.63) is 53.4 Å². The quantitative estimate of drug-likeness (QED) is 0.769. The van der Waals surface area contributed by atoms with Crippen LogP contribution in [0.15, 0.2) is 30.7 Å². The van der Waals surface area contributed by atoms with Crippen molar-refractivity contribution in [3.63, 3.8) is 0 Å². The molecule has 1 unspecified atom stereocenters. The summed E-state index contributed by atoms with van der Waals surface area (Å²) in [7, 11) is 0. The molecular weight excluding hydrogens is 233 g/mol. The van der Waals surface area contributed by atoms with Gasteiger partial charge in [0.1, 0.15) is 18.0 Å². The molecule has 0 radical (unpaired) electrons. The van der Waals surface area contributed by atoms with E-state index in [1.165, 1.54) is 12.1 Å². The Morgan fingerprint density at radius 1 is 1.50 bits per heavy atom. The third-order valence-electron chi connectivity index (χ3n) is 3.05. The van der Waals surface area contributed by atoms with Gasteiger partial charge in [0.15, 0.2) is 0 Å². The van der Waals surface area contributed by atoms with Crippen molar-refractivity contribution in [2.45, 2.75) is 12.6 Å². The van der Waals surface area contributed by atoms with Crippen molar-refractivity contribution in [2.75, 3.05) is 6.61 Å². The van der Waals surface area contributed by atoms with E-state index >= 15 is 0 Å². The summed E-state index contributed by atoms with van der Waals surface area (Å²) in [4.78, 5) is 4.07. The summed E-state index contributed by atoms with van der Waals surface area (Å²) in [6.45, 7) is 1.32. The van der Waals surface area contributed by atoms with E-state index < -0.39 is 5.82 Å². The molecule has 1 aromatic heterocycles. The van der Waals surface area contributed by atoms with Crippen molar-refractivity contribution < 1.29 is 9.13 Å². The Morgan fingerprint density at radius 3 is 3.17 bits per heavy atom. The molecule has 4 nitrogen and oxygen atoms in total. The predicted octanol–water partition coefficient (Wildman–Crippen LogP) is 2.01. The van der Waals surface area contributed by atoms with Crippen molar-refractivity contribution >= 4 is 0 Å². The second-order valence-electron chi connectivity index (χ2n) is 4.11. The van der Waals surface area contributed by atoms with Gasteiger partial charge in [-0.3, -0.25) is 0 Å². The lowest BCUT2D eigenvalue weighted by molar-refractivity contribution is 0.0463. The van der Waals surface area contributed by atoms with Crippen LogP contribution >= 0.6 is 0 Å². The third kappa shape index (κ3) is 1.67. The molecule has 0 aliphatic carbocycles. The molecule has 3 rings (SSSR count). The summed E-state index contributed by atoms with van der Waals surface area (Å²) in [6, 6.07) is 6.35. The first kappa shape index (κ1) is 10.9. The Kier molecular flexibility index (Phi) is 2.58. The molecule has 18 heavy (non-hydrogen) atoms. The molecule has 0 N–H and O–H groups in total. The van der Waals surface area contributed by atoms with Crippen LogP contribution in [0.1, 0.15) is 22.9 Å². The molecule has 0 bridgehead atoms. The molecule has 1 aliphatic heterocycles. The first-order chi connectivity index (χ1) is 8.79. The van der Waals surface area contributed by atoms with Crippen LogP contribution in [0.5, 0.6) is 0 Å². The van der Waals surface area contributed by atoms with Crippen molar-refractivity contribution in [1.82, 2.24) is 9.55 Å². The van der Waals surface area contributed by atoms with E-state index in [0.29, 0.717) is 12.2 Å². The fourth-order valence-electron chi connectivity index (χ4n) is 2.14. The van der Waals surface area contributed by atoms with E-state index in [-0.39, 0.29) is 11.7 Å². The van der Waals surface area contributed by atoms with Crippen LogP contribution in [0.25, 0.3) is 0 Å². The van der Waals surface area contributed by atoms with Crippen LogP contribution < -0.4 is 0 Å². The summed E-state index contributed by atoms with van der Waals surface area (Å²) in [5.41, 5.74) is 1.65. The number of ether oxygens (including phenoxy) is 1. The van der Waals surface area contributed by atoms with Gasteiger partial charge in [0.05, 0.1) is 30.4 Å². The number of halogens is 1. The van der Waals surface area contributed by atoms with Gasteiger partial charge >= 0.3 is 0 Å². The number of hydrogen-bond donors (Lipinski definition) is 0. The van der Waals surface area contributed by atoms with Crippen LogP contribution in [0.2, 0.25) is 0 Å². The lowest BCUT2D eigenvalue weighted by Gasteiger charge is -2.25. The van der Waals surface area contributed by atoms with Gasteiger partial charge in [-0.1, -0.05) is 6.07 Å². The maximum atomic E-state index is 13.6. The number of rotatable bonds is 1. The van der Waals surface area contributed by atoms with Crippen molar-refractivity contribution in [2.24, 2.45) is 0 Å². The zero-order valence-electron chi connectivity index (χ0n) is 9.51. The fourth-order valence-corrected chi connectivity index (χ4v) is 2.14. The number of fused-ring (bicyclic) bond motifs is 1. The second kappa shape index (κ2) is 4.24. The van der Waals surface area contributed by atoms with E-state index in [1.807, 2.05) is 4.57 Å². The molecule has 1 aliphatic rings. The summed E-state index contributed by atoms with van der Waals surface area (Å²) in [5, 5.41) is 8.71. The van der Waals surface area contributed by atoms with Gasteiger partial charge < -0.3 is 9.30 Å². The van der Waals surface area contributed by atoms with E-state index in [1.54, 1.807) is 24.7 Å². The van der Waals surface area contributed by atoms with Gasteiger partial charge in [-0.05, 0) is 17.7 Å². The first-order valence-electron chi connectivity index (χ1n) is 5.61. The van der Waals surface area contributed by atoms with Gasteiger partial charge in [-0.15, -0.1) is 0 Å². The minimum absolute atomic E-state index is 0.0445. The van der Waals surface area contributed by atoms with Crippen LogP contribution in [-0.4, -0.2) is 16.2 Å². The molecule has 0 saturated heterocycles.